The topological polar surface area (TPSA) is 45.9 Å². The van der Waals surface area contributed by atoms with Crippen molar-refractivity contribution in [1.82, 2.24) is 4.98 Å². The van der Waals surface area contributed by atoms with E-state index in [9.17, 15) is 0 Å². The fourth-order valence-electron chi connectivity index (χ4n) is 0.699. The van der Waals surface area contributed by atoms with Gasteiger partial charge in [-0.3, -0.25) is 4.98 Å². The van der Waals surface area contributed by atoms with Gasteiger partial charge in [-0.05, 0) is 12.0 Å². The number of ether oxygens (including phenoxy) is 1. The van der Waals surface area contributed by atoms with E-state index in [1.807, 2.05) is 0 Å². The summed E-state index contributed by atoms with van der Waals surface area (Å²) < 4.78 is 4.92. The van der Waals surface area contributed by atoms with E-state index in [2.05, 4.69) is 16.8 Å². The van der Waals surface area contributed by atoms with Crippen molar-refractivity contribution in [1.29, 1.82) is 5.26 Å². The van der Waals surface area contributed by atoms with Crippen LogP contribution in [0.4, 0.5) is 0 Å². The zero-order valence-electron chi connectivity index (χ0n) is 6.53. The molecule has 0 saturated heterocycles. The molecule has 0 aliphatic carbocycles. The molecule has 0 aliphatic rings. The molecule has 3 nitrogen and oxygen atoms in total. The lowest BCUT2D eigenvalue weighted by Gasteiger charge is -1.96. The third-order valence-corrected chi connectivity index (χ3v) is 1.21. The summed E-state index contributed by atoms with van der Waals surface area (Å²) in [5, 5.41) is 8.18. The summed E-state index contributed by atoms with van der Waals surface area (Å²) >= 11 is 0. The molecule has 1 aromatic heterocycles. The van der Waals surface area contributed by atoms with E-state index >= 15 is 0 Å². The van der Waals surface area contributed by atoms with Crippen molar-refractivity contribution in [3.05, 3.63) is 24.0 Å². The van der Waals surface area contributed by atoms with Crippen LogP contribution in [-0.2, 0) is 0 Å². The molecule has 58 valence electrons. The van der Waals surface area contributed by atoms with E-state index in [1.54, 1.807) is 31.6 Å². The van der Waals surface area contributed by atoms with Gasteiger partial charge in [-0.15, -0.1) is 0 Å². The lowest BCUT2D eigenvalue weighted by atomic mass is 10.3. The second-order valence-electron chi connectivity index (χ2n) is 1.98. The van der Waals surface area contributed by atoms with Crippen molar-refractivity contribution in [2.75, 3.05) is 7.11 Å². The van der Waals surface area contributed by atoms with E-state index in [0.29, 0.717) is 11.3 Å². The lowest BCUT2D eigenvalue weighted by Crippen LogP contribution is -1.85. The first-order chi connectivity index (χ1) is 5.86. The maximum absolute atomic E-state index is 8.18. The summed E-state index contributed by atoms with van der Waals surface area (Å²) in [5.74, 6) is 5.53. The molecule has 0 aliphatic heterocycles. The summed E-state index contributed by atoms with van der Waals surface area (Å²) in [6.07, 6.45) is 3.16. The molecule has 0 amide bonds. The first-order valence-electron chi connectivity index (χ1n) is 3.26. The molecule has 0 radical (unpaired) electrons. The van der Waals surface area contributed by atoms with E-state index in [-0.39, 0.29) is 0 Å². The molecule has 12 heavy (non-hydrogen) atoms. The average Bonchev–Trinajstić information content (AvgIpc) is 2.15. The molecule has 1 heterocycles. The van der Waals surface area contributed by atoms with Crippen molar-refractivity contribution in [2.24, 2.45) is 0 Å². The zero-order chi connectivity index (χ0) is 8.81. The summed E-state index contributed by atoms with van der Waals surface area (Å²) in [6, 6.07) is 3.44. The first-order valence-corrected chi connectivity index (χ1v) is 3.26. The molecule has 0 aromatic carbocycles. The van der Waals surface area contributed by atoms with Crippen molar-refractivity contribution in [3.63, 3.8) is 0 Å². The summed E-state index contributed by atoms with van der Waals surface area (Å²) in [6.45, 7) is 0. The van der Waals surface area contributed by atoms with E-state index in [1.165, 1.54) is 0 Å². The third-order valence-electron chi connectivity index (χ3n) is 1.21. The molecular weight excluding hydrogens is 152 g/mol. The molecular formula is C9H6N2O. The van der Waals surface area contributed by atoms with Crippen molar-refractivity contribution < 1.29 is 4.74 Å². The van der Waals surface area contributed by atoms with E-state index in [0.717, 1.165) is 0 Å². The van der Waals surface area contributed by atoms with Gasteiger partial charge in [0.15, 0.2) is 6.07 Å². The van der Waals surface area contributed by atoms with Gasteiger partial charge >= 0.3 is 0 Å². The Hall–Kier alpha value is -2.00. The number of hydrogen-bond donors (Lipinski definition) is 0. The van der Waals surface area contributed by atoms with Crippen LogP contribution in [0, 0.1) is 23.2 Å². The minimum atomic E-state index is 0.639. The average molecular weight is 158 g/mol. The Bertz CT molecular complexity index is 368. The third kappa shape index (κ3) is 2.00. The first kappa shape index (κ1) is 8.10. The van der Waals surface area contributed by atoms with Crippen molar-refractivity contribution in [2.45, 2.75) is 0 Å². The largest absolute Gasteiger partial charge is 0.495 e. The SMILES string of the molecule is COc1cncc(C#CC#N)c1. The number of pyridine rings is 1. The Labute approximate surface area is 70.6 Å². The van der Waals surface area contributed by atoms with Crippen molar-refractivity contribution in [3.8, 4) is 23.7 Å². The van der Waals surface area contributed by atoms with Gasteiger partial charge in [0, 0.05) is 17.7 Å². The maximum Gasteiger partial charge on any atom is 0.152 e. The maximum atomic E-state index is 8.18. The van der Waals surface area contributed by atoms with Gasteiger partial charge in [-0.25, -0.2) is 0 Å². The normalized spacial score (nSPS) is 7.67. The lowest BCUT2D eigenvalue weighted by molar-refractivity contribution is 0.413. The molecule has 0 N–H and O–H groups in total. The van der Waals surface area contributed by atoms with Gasteiger partial charge in [0.2, 0.25) is 0 Å². The fourth-order valence-corrected chi connectivity index (χ4v) is 0.699. The number of nitriles is 1. The van der Waals surface area contributed by atoms with E-state index < -0.39 is 0 Å². The monoisotopic (exact) mass is 158 g/mol. The van der Waals surface area contributed by atoms with Crippen LogP contribution in [0.5, 0.6) is 5.75 Å². The number of nitrogens with zero attached hydrogens (tertiary/aromatic N) is 2. The highest BCUT2D eigenvalue weighted by Crippen LogP contribution is 2.08. The molecule has 1 rings (SSSR count). The van der Waals surface area contributed by atoms with Crippen LogP contribution in [0.15, 0.2) is 18.5 Å². The minimum Gasteiger partial charge on any atom is -0.495 e. The Morgan fingerprint density at radius 3 is 3.00 bits per heavy atom. The predicted molar refractivity (Wildman–Crippen MR) is 43.3 cm³/mol. The van der Waals surface area contributed by atoms with E-state index in [4.69, 9.17) is 10.00 Å². The summed E-state index contributed by atoms with van der Waals surface area (Å²) in [5.41, 5.74) is 0.677. The highest BCUT2D eigenvalue weighted by Gasteiger charge is 1.91. The van der Waals surface area contributed by atoms with Crippen LogP contribution < -0.4 is 4.74 Å². The van der Waals surface area contributed by atoms with Gasteiger partial charge in [0.05, 0.1) is 13.3 Å². The fraction of sp³-hybridized carbons (Fsp3) is 0.111. The summed E-state index contributed by atoms with van der Waals surface area (Å²) in [7, 11) is 1.55. The molecule has 0 fully saturated rings. The molecule has 0 atom stereocenters. The standard InChI is InChI=1S/C9H6N2O/c1-12-9-5-8(3-2-4-10)6-11-7-9/h5-7H,1H3. The molecule has 0 spiro atoms. The Kier molecular flexibility index (Phi) is 2.70. The number of aromatic nitrogens is 1. The Morgan fingerprint density at radius 1 is 1.50 bits per heavy atom. The van der Waals surface area contributed by atoms with Gasteiger partial charge < -0.3 is 4.74 Å². The molecule has 0 bridgehead atoms. The van der Waals surface area contributed by atoms with Gasteiger partial charge in [0.1, 0.15) is 5.75 Å². The molecule has 0 saturated carbocycles. The number of methoxy groups -OCH3 is 1. The van der Waals surface area contributed by atoms with Crippen LogP contribution in [0.2, 0.25) is 0 Å². The van der Waals surface area contributed by atoms with Gasteiger partial charge in [0.25, 0.3) is 0 Å². The van der Waals surface area contributed by atoms with Crippen molar-refractivity contribution >= 4 is 0 Å². The Balaban J connectivity index is 2.96. The number of hydrogen-bond acceptors (Lipinski definition) is 3. The molecule has 0 unspecified atom stereocenters. The molecule has 3 heteroatoms. The van der Waals surface area contributed by atoms with Gasteiger partial charge in [-0.1, -0.05) is 0 Å². The van der Waals surface area contributed by atoms with Crippen LogP contribution in [0.1, 0.15) is 5.56 Å². The molecule has 1 aromatic rings. The minimum absolute atomic E-state index is 0.639. The highest BCUT2D eigenvalue weighted by atomic mass is 16.5. The predicted octanol–water partition coefficient (Wildman–Crippen LogP) is 0.965. The highest BCUT2D eigenvalue weighted by molar-refractivity contribution is 5.39. The second kappa shape index (κ2) is 4.00. The summed E-state index contributed by atoms with van der Waals surface area (Å²) in [4.78, 5) is 3.87. The van der Waals surface area contributed by atoms with Crippen LogP contribution in [0.25, 0.3) is 0 Å². The second-order valence-corrected chi connectivity index (χ2v) is 1.98. The van der Waals surface area contributed by atoms with Crippen LogP contribution in [0.3, 0.4) is 0 Å². The van der Waals surface area contributed by atoms with Crippen LogP contribution >= 0.6 is 0 Å². The van der Waals surface area contributed by atoms with Crippen LogP contribution in [-0.4, -0.2) is 12.1 Å². The number of rotatable bonds is 1. The smallest absolute Gasteiger partial charge is 0.152 e. The quantitative estimate of drug-likeness (QED) is 0.572. The zero-order valence-corrected chi connectivity index (χ0v) is 6.53. The Morgan fingerprint density at radius 2 is 2.33 bits per heavy atom. The van der Waals surface area contributed by atoms with Gasteiger partial charge in [-0.2, -0.15) is 5.26 Å².